The van der Waals surface area contributed by atoms with Crippen LogP contribution in [0, 0.1) is 5.92 Å². The molecule has 4 nitrogen and oxygen atoms in total. The Morgan fingerprint density at radius 3 is 2.61 bits per heavy atom. The van der Waals surface area contributed by atoms with Crippen LogP contribution in [0.4, 0.5) is 0 Å². The standard InChI is InChI=1S/C14H26N2O2/c1-12(17)15(2)10-13-5-7-16(8-6-13)11-14-4-3-9-18-14/h13-14H,3-11H2,1-2H3. The van der Waals surface area contributed by atoms with E-state index >= 15 is 0 Å². The molecule has 0 aromatic carbocycles. The Kier molecular flexibility index (Phi) is 5.01. The summed E-state index contributed by atoms with van der Waals surface area (Å²) in [5.74, 6) is 0.858. The maximum atomic E-state index is 11.2. The maximum Gasteiger partial charge on any atom is 0.219 e. The van der Waals surface area contributed by atoms with Gasteiger partial charge in [-0.3, -0.25) is 4.79 Å². The van der Waals surface area contributed by atoms with Crippen LogP contribution in [0.3, 0.4) is 0 Å². The van der Waals surface area contributed by atoms with Crippen LogP contribution in [0.1, 0.15) is 32.6 Å². The first-order valence-electron chi connectivity index (χ1n) is 7.21. The second-order valence-electron chi connectivity index (χ2n) is 5.78. The van der Waals surface area contributed by atoms with E-state index in [1.807, 2.05) is 11.9 Å². The van der Waals surface area contributed by atoms with Crippen molar-refractivity contribution < 1.29 is 9.53 Å². The highest BCUT2D eigenvalue weighted by atomic mass is 16.5. The molecule has 0 bridgehead atoms. The molecule has 18 heavy (non-hydrogen) atoms. The largest absolute Gasteiger partial charge is 0.377 e. The van der Waals surface area contributed by atoms with Crippen LogP contribution in [0.15, 0.2) is 0 Å². The highest BCUT2D eigenvalue weighted by Gasteiger charge is 2.24. The van der Waals surface area contributed by atoms with Gasteiger partial charge >= 0.3 is 0 Å². The molecule has 4 heteroatoms. The molecule has 2 fully saturated rings. The van der Waals surface area contributed by atoms with Gasteiger partial charge in [-0.1, -0.05) is 0 Å². The summed E-state index contributed by atoms with van der Waals surface area (Å²) in [5.41, 5.74) is 0. The summed E-state index contributed by atoms with van der Waals surface area (Å²) >= 11 is 0. The zero-order valence-electron chi connectivity index (χ0n) is 11.7. The molecule has 0 aromatic rings. The molecule has 0 aromatic heterocycles. The molecule has 104 valence electrons. The Balaban J connectivity index is 1.66. The van der Waals surface area contributed by atoms with Crippen molar-refractivity contribution in [2.24, 2.45) is 5.92 Å². The third kappa shape index (κ3) is 3.95. The van der Waals surface area contributed by atoms with Gasteiger partial charge < -0.3 is 14.5 Å². The maximum absolute atomic E-state index is 11.2. The van der Waals surface area contributed by atoms with Crippen LogP contribution >= 0.6 is 0 Å². The number of likely N-dealkylation sites (tertiary alicyclic amines) is 1. The molecule has 2 saturated heterocycles. The second kappa shape index (κ2) is 6.53. The number of ether oxygens (including phenoxy) is 1. The minimum absolute atomic E-state index is 0.178. The molecule has 0 saturated carbocycles. The third-order valence-corrected chi connectivity index (χ3v) is 4.26. The molecule has 0 aliphatic carbocycles. The van der Waals surface area contributed by atoms with Gasteiger partial charge in [-0.2, -0.15) is 0 Å². The summed E-state index contributed by atoms with van der Waals surface area (Å²) in [6.45, 7) is 6.95. The fourth-order valence-electron chi connectivity index (χ4n) is 2.94. The van der Waals surface area contributed by atoms with E-state index < -0.39 is 0 Å². The normalized spacial score (nSPS) is 26.4. The lowest BCUT2D eigenvalue weighted by Gasteiger charge is -2.34. The Morgan fingerprint density at radius 1 is 1.33 bits per heavy atom. The number of hydrogen-bond donors (Lipinski definition) is 0. The minimum Gasteiger partial charge on any atom is -0.377 e. The number of rotatable bonds is 4. The van der Waals surface area contributed by atoms with Crippen molar-refractivity contribution >= 4 is 5.91 Å². The van der Waals surface area contributed by atoms with Gasteiger partial charge in [-0.25, -0.2) is 0 Å². The molecule has 1 atom stereocenters. The van der Waals surface area contributed by atoms with Crippen LogP contribution in [0.25, 0.3) is 0 Å². The predicted octanol–water partition coefficient (Wildman–Crippen LogP) is 1.36. The fraction of sp³-hybridized carbons (Fsp3) is 0.929. The van der Waals surface area contributed by atoms with Gasteiger partial charge in [0.1, 0.15) is 0 Å². The van der Waals surface area contributed by atoms with E-state index in [9.17, 15) is 4.79 Å². The van der Waals surface area contributed by atoms with Gasteiger partial charge in [-0.15, -0.1) is 0 Å². The van der Waals surface area contributed by atoms with Gasteiger partial charge in [0.25, 0.3) is 0 Å². The summed E-state index contributed by atoms with van der Waals surface area (Å²) in [4.78, 5) is 15.6. The number of carbonyl (C=O) groups is 1. The minimum atomic E-state index is 0.178. The lowest BCUT2D eigenvalue weighted by molar-refractivity contribution is -0.128. The summed E-state index contributed by atoms with van der Waals surface area (Å²) in [5, 5.41) is 0. The highest BCUT2D eigenvalue weighted by Crippen LogP contribution is 2.20. The van der Waals surface area contributed by atoms with Gasteiger partial charge in [0.05, 0.1) is 6.10 Å². The molecule has 0 spiro atoms. The molecular formula is C14H26N2O2. The van der Waals surface area contributed by atoms with E-state index in [1.54, 1.807) is 6.92 Å². The molecular weight excluding hydrogens is 228 g/mol. The van der Waals surface area contributed by atoms with E-state index in [0.717, 1.165) is 32.8 Å². The molecule has 2 aliphatic heterocycles. The van der Waals surface area contributed by atoms with E-state index in [-0.39, 0.29) is 5.91 Å². The summed E-state index contributed by atoms with van der Waals surface area (Å²) < 4.78 is 5.68. The second-order valence-corrected chi connectivity index (χ2v) is 5.78. The smallest absolute Gasteiger partial charge is 0.219 e. The molecule has 1 amide bonds. The topological polar surface area (TPSA) is 32.8 Å². The highest BCUT2D eigenvalue weighted by molar-refractivity contribution is 5.72. The van der Waals surface area contributed by atoms with Gasteiger partial charge in [-0.05, 0) is 44.7 Å². The van der Waals surface area contributed by atoms with E-state index in [1.165, 1.54) is 25.7 Å². The number of amides is 1. The van der Waals surface area contributed by atoms with Gasteiger partial charge in [0.15, 0.2) is 0 Å². The number of carbonyl (C=O) groups excluding carboxylic acids is 1. The Hall–Kier alpha value is -0.610. The molecule has 2 rings (SSSR count). The first-order chi connectivity index (χ1) is 8.65. The first-order valence-corrected chi connectivity index (χ1v) is 7.21. The fourth-order valence-corrected chi connectivity index (χ4v) is 2.94. The SMILES string of the molecule is CC(=O)N(C)CC1CCN(CC2CCCO2)CC1. The third-order valence-electron chi connectivity index (χ3n) is 4.26. The molecule has 2 aliphatic rings. The zero-order chi connectivity index (χ0) is 13.0. The monoisotopic (exact) mass is 254 g/mol. The van der Waals surface area contributed by atoms with Crippen molar-refractivity contribution in [2.75, 3.05) is 39.8 Å². The van der Waals surface area contributed by atoms with Crippen molar-refractivity contribution in [3.8, 4) is 0 Å². The average Bonchev–Trinajstić information content (AvgIpc) is 2.84. The first kappa shape index (κ1) is 13.8. The Morgan fingerprint density at radius 2 is 2.06 bits per heavy atom. The quantitative estimate of drug-likeness (QED) is 0.759. The van der Waals surface area contributed by atoms with Crippen molar-refractivity contribution in [1.82, 2.24) is 9.80 Å². The van der Waals surface area contributed by atoms with E-state index in [0.29, 0.717) is 12.0 Å². The van der Waals surface area contributed by atoms with Crippen molar-refractivity contribution in [3.63, 3.8) is 0 Å². The van der Waals surface area contributed by atoms with E-state index in [4.69, 9.17) is 4.74 Å². The van der Waals surface area contributed by atoms with Crippen LogP contribution in [-0.4, -0.2) is 61.6 Å². The Bertz CT molecular complexity index is 269. The lowest BCUT2D eigenvalue weighted by Crippen LogP contribution is -2.41. The molecule has 2 heterocycles. The van der Waals surface area contributed by atoms with Crippen LogP contribution in [-0.2, 0) is 9.53 Å². The summed E-state index contributed by atoms with van der Waals surface area (Å²) in [6.07, 6.45) is 5.35. The van der Waals surface area contributed by atoms with Crippen LogP contribution in [0.5, 0.6) is 0 Å². The number of piperidine rings is 1. The molecule has 1 unspecified atom stereocenters. The summed E-state index contributed by atoms with van der Waals surface area (Å²) in [7, 11) is 1.90. The Labute approximate surface area is 110 Å². The van der Waals surface area contributed by atoms with Crippen LogP contribution in [0.2, 0.25) is 0 Å². The lowest BCUT2D eigenvalue weighted by atomic mass is 9.96. The average molecular weight is 254 g/mol. The van der Waals surface area contributed by atoms with E-state index in [2.05, 4.69) is 4.90 Å². The zero-order valence-corrected chi connectivity index (χ0v) is 11.7. The van der Waals surface area contributed by atoms with Crippen molar-refractivity contribution in [3.05, 3.63) is 0 Å². The number of hydrogen-bond acceptors (Lipinski definition) is 3. The predicted molar refractivity (Wildman–Crippen MR) is 71.4 cm³/mol. The van der Waals surface area contributed by atoms with Crippen molar-refractivity contribution in [2.45, 2.75) is 38.7 Å². The van der Waals surface area contributed by atoms with Gasteiger partial charge in [0.2, 0.25) is 5.91 Å². The van der Waals surface area contributed by atoms with Crippen molar-refractivity contribution in [1.29, 1.82) is 0 Å². The molecule has 0 N–H and O–H groups in total. The van der Waals surface area contributed by atoms with Crippen LogP contribution < -0.4 is 0 Å². The molecule has 0 radical (unpaired) electrons. The van der Waals surface area contributed by atoms with Gasteiger partial charge in [0, 0.05) is 33.7 Å². The summed E-state index contributed by atoms with van der Waals surface area (Å²) in [6, 6.07) is 0. The number of nitrogens with zero attached hydrogens (tertiary/aromatic N) is 2.